The van der Waals surface area contributed by atoms with Gasteiger partial charge in [-0.2, -0.15) is 0 Å². The number of nitrogens with zero attached hydrogens (tertiary/aromatic N) is 1. The smallest absolute Gasteiger partial charge is 0.339 e. The van der Waals surface area contributed by atoms with E-state index in [1.807, 2.05) is 0 Å². The number of aromatic carboxylic acids is 1. The molecule has 0 saturated carbocycles. The Bertz CT molecular complexity index is 1650. The number of carboxylic acids is 1. The van der Waals surface area contributed by atoms with E-state index in [0.29, 0.717) is 11.3 Å². The Hall–Kier alpha value is -4.97. The van der Waals surface area contributed by atoms with E-state index in [0.717, 1.165) is 29.0 Å². The van der Waals surface area contributed by atoms with Crippen LogP contribution in [0.15, 0.2) is 83.8 Å². The van der Waals surface area contributed by atoms with Gasteiger partial charge in [0.05, 0.1) is 9.82 Å². The van der Waals surface area contributed by atoms with E-state index in [9.17, 15) is 28.4 Å². The van der Waals surface area contributed by atoms with Crippen molar-refractivity contribution in [3.05, 3.63) is 100 Å². The van der Waals surface area contributed by atoms with Crippen molar-refractivity contribution in [2.24, 2.45) is 5.73 Å². The number of nitro groups is 1. The van der Waals surface area contributed by atoms with E-state index < -0.39 is 26.6 Å². The lowest BCUT2D eigenvalue weighted by Gasteiger charge is -2.13. The zero-order chi connectivity index (χ0) is 26.0. The summed E-state index contributed by atoms with van der Waals surface area (Å²) in [4.78, 5) is 21.8. The lowest BCUT2D eigenvalue weighted by Crippen LogP contribution is -2.14. The number of nitrogens with one attached hydrogen (secondary N) is 2. The molecular formula is C24H18N4O7S. The lowest BCUT2D eigenvalue weighted by atomic mass is 10.1. The highest BCUT2D eigenvalue weighted by atomic mass is 32.2. The summed E-state index contributed by atoms with van der Waals surface area (Å²) in [7, 11) is -4.23. The zero-order valence-corrected chi connectivity index (χ0v) is 19.2. The van der Waals surface area contributed by atoms with Crippen molar-refractivity contribution in [1.82, 2.24) is 0 Å². The molecule has 0 unspecified atom stereocenters. The van der Waals surface area contributed by atoms with Crippen LogP contribution in [-0.2, 0) is 10.0 Å². The Kier molecular flexibility index (Phi) is 6.27. The standard InChI is InChI=1S/C24H18N4O7S/c25-23(26)16-5-4-15-11-19(8-6-14(15)10-16)35-22-9-7-17(12-21(22)24(29)30)27-36(33,34)20-3-1-2-18(13-20)28(31)32/h1-13,27H,(H3,25,26)(H,29,30). The summed E-state index contributed by atoms with van der Waals surface area (Å²) >= 11 is 0. The number of fused-ring (bicyclic) bond motifs is 1. The van der Waals surface area contributed by atoms with E-state index in [1.54, 1.807) is 36.4 Å². The third-order valence-electron chi connectivity index (χ3n) is 5.15. The van der Waals surface area contributed by atoms with Crippen molar-refractivity contribution in [1.29, 1.82) is 5.41 Å². The van der Waals surface area contributed by atoms with E-state index in [4.69, 9.17) is 15.9 Å². The Morgan fingerprint density at radius 1 is 1.00 bits per heavy atom. The normalized spacial score (nSPS) is 11.1. The Balaban J connectivity index is 1.62. The van der Waals surface area contributed by atoms with Crippen LogP contribution >= 0.6 is 0 Å². The number of nitro benzene ring substituents is 1. The number of nitrogens with two attached hydrogens (primary N) is 1. The summed E-state index contributed by atoms with van der Waals surface area (Å²) < 4.78 is 33.4. The van der Waals surface area contributed by atoms with Gasteiger partial charge in [-0.25, -0.2) is 13.2 Å². The third kappa shape index (κ3) is 5.08. The highest BCUT2D eigenvalue weighted by Gasteiger charge is 2.20. The summed E-state index contributed by atoms with van der Waals surface area (Å²) in [5, 5.41) is 29.7. The van der Waals surface area contributed by atoms with E-state index in [2.05, 4.69) is 4.72 Å². The number of anilines is 1. The molecule has 0 aromatic heterocycles. The molecule has 36 heavy (non-hydrogen) atoms. The second-order valence-corrected chi connectivity index (χ2v) is 9.30. The quantitative estimate of drug-likeness (QED) is 0.118. The van der Waals surface area contributed by atoms with Crippen LogP contribution in [0.1, 0.15) is 15.9 Å². The maximum absolute atomic E-state index is 12.7. The molecule has 12 heteroatoms. The van der Waals surface area contributed by atoms with E-state index in [1.165, 1.54) is 24.3 Å². The Labute approximate surface area is 204 Å². The summed E-state index contributed by atoms with van der Waals surface area (Å²) in [5.41, 5.74) is 5.31. The number of nitrogen functional groups attached to an aromatic ring is 1. The van der Waals surface area contributed by atoms with Gasteiger partial charge < -0.3 is 15.6 Å². The van der Waals surface area contributed by atoms with Crippen LogP contribution in [0.5, 0.6) is 11.5 Å². The van der Waals surface area contributed by atoms with Crippen molar-refractivity contribution in [2.75, 3.05) is 4.72 Å². The molecule has 0 amide bonds. The molecule has 4 aromatic rings. The number of rotatable bonds is 8. The van der Waals surface area contributed by atoms with Gasteiger partial charge in [0.2, 0.25) is 0 Å². The molecule has 0 spiro atoms. The van der Waals surface area contributed by atoms with Gasteiger partial charge in [-0.1, -0.05) is 24.3 Å². The average Bonchev–Trinajstić information content (AvgIpc) is 2.84. The van der Waals surface area contributed by atoms with Crippen LogP contribution in [0.3, 0.4) is 0 Å². The number of hydrogen-bond acceptors (Lipinski definition) is 7. The lowest BCUT2D eigenvalue weighted by molar-refractivity contribution is -0.385. The minimum Gasteiger partial charge on any atom is -0.478 e. The molecule has 0 aliphatic carbocycles. The minimum absolute atomic E-state index is 0.0273. The number of ether oxygens (including phenoxy) is 1. The Morgan fingerprint density at radius 2 is 1.72 bits per heavy atom. The predicted octanol–water partition coefficient (Wildman–Crippen LogP) is 4.32. The van der Waals surface area contributed by atoms with Gasteiger partial charge in [0.15, 0.2) is 0 Å². The van der Waals surface area contributed by atoms with Crippen LogP contribution in [0, 0.1) is 15.5 Å². The molecule has 0 aliphatic heterocycles. The zero-order valence-electron chi connectivity index (χ0n) is 18.3. The fourth-order valence-electron chi connectivity index (χ4n) is 3.41. The predicted molar refractivity (Wildman–Crippen MR) is 132 cm³/mol. The average molecular weight is 506 g/mol. The van der Waals surface area contributed by atoms with Crippen molar-refractivity contribution in [3.63, 3.8) is 0 Å². The first-order chi connectivity index (χ1) is 17.0. The van der Waals surface area contributed by atoms with Gasteiger partial charge in [0.25, 0.3) is 15.7 Å². The molecule has 4 rings (SSSR count). The molecule has 0 fully saturated rings. The van der Waals surface area contributed by atoms with Gasteiger partial charge >= 0.3 is 5.97 Å². The first kappa shape index (κ1) is 24.2. The van der Waals surface area contributed by atoms with Crippen molar-refractivity contribution in [2.45, 2.75) is 4.90 Å². The number of non-ortho nitro benzene ring substituents is 1. The number of hydrogen-bond donors (Lipinski definition) is 4. The summed E-state index contributed by atoms with van der Waals surface area (Å²) in [6.45, 7) is 0. The van der Waals surface area contributed by atoms with Crippen LogP contribution in [-0.4, -0.2) is 30.3 Å². The number of amidine groups is 1. The highest BCUT2D eigenvalue weighted by Crippen LogP contribution is 2.31. The molecule has 0 atom stereocenters. The SMILES string of the molecule is N=C(N)c1ccc2cc(Oc3ccc(NS(=O)(=O)c4cccc([N+](=O)[O-])c4)cc3C(=O)O)ccc2c1. The summed E-state index contributed by atoms with van der Waals surface area (Å²) in [6.07, 6.45) is 0. The van der Waals surface area contributed by atoms with Crippen LogP contribution in [0.2, 0.25) is 0 Å². The number of benzene rings is 4. The maximum atomic E-state index is 12.7. The molecule has 182 valence electrons. The van der Waals surface area contributed by atoms with Crippen LogP contribution in [0.25, 0.3) is 10.8 Å². The van der Waals surface area contributed by atoms with Crippen molar-refractivity contribution in [3.8, 4) is 11.5 Å². The number of sulfonamides is 1. The Morgan fingerprint density at radius 3 is 2.42 bits per heavy atom. The van der Waals surface area contributed by atoms with Crippen LogP contribution in [0.4, 0.5) is 11.4 Å². The second-order valence-electron chi connectivity index (χ2n) is 7.62. The van der Waals surface area contributed by atoms with Crippen molar-refractivity contribution >= 4 is 44.0 Å². The molecular weight excluding hydrogens is 488 g/mol. The number of carbonyl (C=O) groups is 1. The molecule has 0 aliphatic rings. The van der Waals surface area contributed by atoms with Gasteiger partial charge in [0.1, 0.15) is 22.9 Å². The monoisotopic (exact) mass is 506 g/mol. The maximum Gasteiger partial charge on any atom is 0.339 e. The highest BCUT2D eigenvalue weighted by molar-refractivity contribution is 7.92. The van der Waals surface area contributed by atoms with Gasteiger partial charge in [-0.3, -0.25) is 20.2 Å². The summed E-state index contributed by atoms with van der Waals surface area (Å²) in [6, 6.07) is 18.4. The van der Waals surface area contributed by atoms with Gasteiger partial charge in [-0.05, 0) is 53.2 Å². The van der Waals surface area contributed by atoms with E-state index in [-0.39, 0.29) is 27.7 Å². The molecule has 0 bridgehead atoms. The van der Waals surface area contributed by atoms with Gasteiger partial charge in [-0.15, -0.1) is 0 Å². The fraction of sp³-hybridized carbons (Fsp3) is 0. The first-order valence-electron chi connectivity index (χ1n) is 10.2. The number of carboxylic acid groups (broad SMARTS) is 1. The fourth-order valence-corrected chi connectivity index (χ4v) is 4.50. The molecule has 0 heterocycles. The topological polar surface area (TPSA) is 186 Å². The minimum atomic E-state index is -4.23. The second kappa shape index (κ2) is 9.35. The summed E-state index contributed by atoms with van der Waals surface area (Å²) in [5.74, 6) is -1.11. The molecule has 0 radical (unpaired) electrons. The van der Waals surface area contributed by atoms with E-state index >= 15 is 0 Å². The third-order valence-corrected chi connectivity index (χ3v) is 6.53. The molecule has 0 saturated heterocycles. The molecule has 4 aromatic carbocycles. The largest absolute Gasteiger partial charge is 0.478 e. The first-order valence-corrected chi connectivity index (χ1v) is 11.7. The van der Waals surface area contributed by atoms with Crippen LogP contribution < -0.4 is 15.2 Å². The van der Waals surface area contributed by atoms with Crippen molar-refractivity contribution < 1.29 is 28.0 Å². The molecule has 11 nitrogen and oxygen atoms in total. The van der Waals surface area contributed by atoms with Gasteiger partial charge in [0, 0.05) is 23.4 Å². The molecule has 5 N–H and O–H groups in total.